The van der Waals surface area contributed by atoms with Gasteiger partial charge in [0.2, 0.25) is 5.91 Å². The highest BCUT2D eigenvalue weighted by atomic mass is 16.5. The molecule has 10 heteroatoms. The van der Waals surface area contributed by atoms with E-state index in [1.54, 1.807) is 26.0 Å². The van der Waals surface area contributed by atoms with Crippen LogP contribution in [0.15, 0.2) is 24.3 Å². The molecule has 0 aromatic heterocycles. The zero-order chi connectivity index (χ0) is 22.5. The SMILES string of the molecule is CCNC(=O)[C@H](C)NC(=O)COC(=O)CN1C(=O)N[C@](C)(c2ccc(C)cc2)C1=O. The third kappa shape index (κ3) is 5.13. The van der Waals surface area contributed by atoms with Crippen molar-refractivity contribution in [3.8, 4) is 0 Å². The molecule has 162 valence electrons. The molecule has 0 radical (unpaired) electrons. The Bertz CT molecular complexity index is 853. The maximum Gasteiger partial charge on any atom is 0.326 e. The first-order valence-corrected chi connectivity index (χ1v) is 9.52. The summed E-state index contributed by atoms with van der Waals surface area (Å²) >= 11 is 0. The van der Waals surface area contributed by atoms with Crippen LogP contribution in [0.1, 0.15) is 31.9 Å². The molecular formula is C20H26N4O6. The van der Waals surface area contributed by atoms with E-state index in [0.29, 0.717) is 12.1 Å². The normalized spacial score (nSPS) is 19.1. The molecule has 3 N–H and O–H groups in total. The first-order valence-electron chi connectivity index (χ1n) is 9.52. The Balaban J connectivity index is 1.91. The second kappa shape index (κ2) is 9.38. The number of ether oxygens (including phenoxy) is 1. The van der Waals surface area contributed by atoms with Crippen LogP contribution in [0.2, 0.25) is 0 Å². The van der Waals surface area contributed by atoms with Gasteiger partial charge in [-0.05, 0) is 33.3 Å². The minimum atomic E-state index is -1.30. The van der Waals surface area contributed by atoms with Crippen molar-refractivity contribution in [2.24, 2.45) is 0 Å². The van der Waals surface area contributed by atoms with Gasteiger partial charge in [0.15, 0.2) is 6.61 Å². The number of nitrogens with one attached hydrogen (secondary N) is 3. The standard InChI is InChI=1S/C20H26N4O6/c1-5-21-17(27)13(3)22-15(25)11-30-16(26)10-24-18(28)20(4,23-19(24)29)14-8-6-12(2)7-9-14/h6-9,13H,5,10-11H2,1-4H3,(H,21,27)(H,22,25)(H,23,29)/t13-,20+/m0/s1. The Morgan fingerprint density at radius 3 is 2.43 bits per heavy atom. The lowest BCUT2D eigenvalue weighted by atomic mass is 9.91. The minimum absolute atomic E-state index is 0.369. The maximum atomic E-state index is 12.8. The fourth-order valence-electron chi connectivity index (χ4n) is 2.92. The number of hydrogen-bond acceptors (Lipinski definition) is 6. The number of urea groups is 1. The van der Waals surface area contributed by atoms with E-state index < -0.39 is 48.5 Å². The molecule has 1 aromatic carbocycles. The van der Waals surface area contributed by atoms with Crippen molar-refractivity contribution in [2.45, 2.75) is 39.3 Å². The molecule has 1 aromatic rings. The van der Waals surface area contributed by atoms with Crippen molar-refractivity contribution < 1.29 is 28.7 Å². The Labute approximate surface area is 174 Å². The first kappa shape index (κ1) is 22.9. The van der Waals surface area contributed by atoms with E-state index in [4.69, 9.17) is 4.74 Å². The molecule has 1 fully saturated rings. The van der Waals surface area contributed by atoms with Gasteiger partial charge in [-0.3, -0.25) is 24.1 Å². The highest BCUT2D eigenvalue weighted by Crippen LogP contribution is 2.28. The quantitative estimate of drug-likeness (QED) is 0.400. The van der Waals surface area contributed by atoms with Crippen LogP contribution in [-0.2, 0) is 29.5 Å². The van der Waals surface area contributed by atoms with Gasteiger partial charge in [0, 0.05) is 6.54 Å². The van der Waals surface area contributed by atoms with E-state index in [-0.39, 0.29) is 5.91 Å². The summed E-state index contributed by atoms with van der Waals surface area (Å²) in [5.41, 5.74) is 0.283. The van der Waals surface area contributed by atoms with Gasteiger partial charge in [0.1, 0.15) is 18.1 Å². The maximum absolute atomic E-state index is 12.8. The Hall–Kier alpha value is -3.43. The Morgan fingerprint density at radius 1 is 1.20 bits per heavy atom. The van der Waals surface area contributed by atoms with Crippen LogP contribution in [0.3, 0.4) is 0 Å². The Kier molecular flexibility index (Phi) is 7.14. The third-order valence-corrected chi connectivity index (χ3v) is 4.68. The summed E-state index contributed by atoms with van der Waals surface area (Å²) in [6.45, 7) is 5.84. The van der Waals surface area contributed by atoms with E-state index in [1.165, 1.54) is 6.92 Å². The topological polar surface area (TPSA) is 134 Å². The molecule has 2 atom stereocenters. The molecule has 0 aliphatic carbocycles. The van der Waals surface area contributed by atoms with Gasteiger partial charge in [0.05, 0.1) is 0 Å². The fraction of sp³-hybridized carbons (Fsp3) is 0.450. The molecule has 5 amide bonds. The van der Waals surface area contributed by atoms with Gasteiger partial charge in [-0.15, -0.1) is 0 Å². The van der Waals surface area contributed by atoms with Gasteiger partial charge in [0.25, 0.3) is 11.8 Å². The monoisotopic (exact) mass is 418 g/mol. The number of hydrogen-bond donors (Lipinski definition) is 3. The van der Waals surface area contributed by atoms with Crippen molar-refractivity contribution >= 4 is 29.7 Å². The zero-order valence-electron chi connectivity index (χ0n) is 17.4. The Morgan fingerprint density at radius 2 is 1.83 bits per heavy atom. The van der Waals surface area contributed by atoms with Crippen LogP contribution in [0.4, 0.5) is 4.79 Å². The number of benzene rings is 1. The van der Waals surface area contributed by atoms with Gasteiger partial charge in [-0.2, -0.15) is 0 Å². The number of carbonyl (C=O) groups is 5. The highest BCUT2D eigenvalue weighted by molar-refractivity contribution is 6.08. The molecule has 1 aliphatic rings. The van der Waals surface area contributed by atoms with Gasteiger partial charge < -0.3 is 20.7 Å². The van der Waals surface area contributed by atoms with E-state index in [1.807, 2.05) is 19.1 Å². The molecule has 1 heterocycles. The van der Waals surface area contributed by atoms with Gasteiger partial charge >= 0.3 is 12.0 Å². The molecule has 1 saturated heterocycles. The van der Waals surface area contributed by atoms with Gasteiger partial charge in [-0.25, -0.2) is 4.79 Å². The second-order valence-electron chi connectivity index (χ2n) is 7.16. The van der Waals surface area contributed by atoms with E-state index in [2.05, 4.69) is 16.0 Å². The first-order chi connectivity index (χ1) is 14.1. The summed E-state index contributed by atoms with van der Waals surface area (Å²) in [7, 11) is 0. The summed E-state index contributed by atoms with van der Waals surface area (Å²) in [6.07, 6.45) is 0. The molecule has 0 saturated carbocycles. The summed E-state index contributed by atoms with van der Waals surface area (Å²) in [6, 6.07) is 5.58. The molecule has 30 heavy (non-hydrogen) atoms. The van der Waals surface area contributed by atoms with Gasteiger partial charge in [-0.1, -0.05) is 29.8 Å². The molecule has 1 aliphatic heterocycles. The summed E-state index contributed by atoms with van der Waals surface area (Å²) < 4.78 is 4.84. The molecule has 0 bridgehead atoms. The van der Waals surface area contributed by atoms with Crippen LogP contribution in [0.25, 0.3) is 0 Å². The largest absolute Gasteiger partial charge is 0.454 e. The van der Waals surface area contributed by atoms with E-state index in [0.717, 1.165) is 10.5 Å². The van der Waals surface area contributed by atoms with Crippen LogP contribution in [-0.4, -0.2) is 60.4 Å². The smallest absolute Gasteiger partial charge is 0.326 e. The zero-order valence-corrected chi connectivity index (χ0v) is 17.4. The third-order valence-electron chi connectivity index (χ3n) is 4.68. The lowest BCUT2D eigenvalue weighted by Gasteiger charge is -2.22. The van der Waals surface area contributed by atoms with Crippen molar-refractivity contribution in [1.82, 2.24) is 20.9 Å². The second-order valence-corrected chi connectivity index (χ2v) is 7.16. The molecule has 10 nitrogen and oxygen atoms in total. The number of esters is 1. The lowest BCUT2D eigenvalue weighted by Crippen LogP contribution is -2.46. The number of carbonyl (C=O) groups excluding carboxylic acids is 5. The van der Waals surface area contributed by atoms with E-state index >= 15 is 0 Å². The number of aryl methyl sites for hydroxylation is 1. The number of imide groups is 1. The van der Waals surface area contributed by atoms with Crippen molar-refractivity contribution in [3.05, 3.63) is 35.4 Å². The van der Waals surface area contributed by atoms with Crippen molar-refractivity contribution in [3.63, 3.8) is 0 Å². The number of rotatable bonds is 8. The summed E-state index contributed by atoms with van der Waals surface area (Å²) in [5, 5.41) is 7.52. The molecule has 2 rings (SSSR count). The number of amides is 5. The van der Waals surface area contributed by atoms with Crippen LogP contribution in [0.5, 0.6) is 0 Å². The molecule has 0 spiro atoms. The highest BCUT2D eigenvalue weighted by Gasteiger charge is 2.49. The number of nitrogens with zero attached hydrogens (tertiary/aromatic N) is 1. The summed E-state index contributed by atoms with van der Waals surface area (Å²) in [4.78, 5) is 61.3. The van der Waals surface area contributed by atoms with Crippen LogP contribution in [0, 0.1) is 6.92 Å². The average molecular weight is 418 g/mol. The van der Waals surface area contributed by atoms with E-state index in [9.17, 15) is 24.0 Å². The predicted molar refractivity (Wildman–Crippen MR) is 106 cm³/mol. The van der Waals surface area contributed by atoms with Crippen molar-refractivity contribution in [1.29, 1.82) is 0 Å². The lowest BCUT2D eigenvalue weighted by molar-refractivity contribution is -0.151. The fourth-order valence-corrected chi connectivity index (χ4v) is 2.92. The average Bonchev–Trinajstić information content (AvgIpc) is 2.91. The number of likely N-dealkylation sites (N-methyl/N-ethyl adjacent to an activating group) is 1. The van der Waals surface area contributed by atoms with Crippen LogP contribution >= 0.6 is 0 Å². The van der Waals surface area contributed by atoms with Crippen molar-refractivity contribution in [2.75, 3.05) is 19.7 Å². The predicted octanol–water partition coefficient (Wildman–Crippen LogP) is -0.0540. The van der Waals surface area contributed by atoms with Crippen LogP contribution < -0.4 is 16.0 Å². The molecular weight excluding hydrogens is 392 g/mol. The summed E-state index contributed by atoms with van der Waals surface area (Å²) in [5.74, 6) is -2.56. The minimum Gasteiger partial charge on any atom is -0.454 e. The molecule has 0 unspecified atom stereocenters.